The molecule has 0 fully saturated rings. The van der Waals surface area contributed by atoms with Crippen LogP contribution in [0.25, 0.3) is 0 Å². The van der Waals surface area contributed by atoms with Crippen LogP contribution in [0.4, 0.5) is 4.79 Å². The van der Waals surface area contributed by atoms with Gasteiger partial charge in [-0.1, -0.05) is 37.6 Å². The summed E-state index contributed by atoms with van der Waals surface area (Å²) in [5.41, 5.74) is 0.841. The van der Waals surface area contributed by atoms with Gasteiger partial charge in [0.25, 0.3) is 0 Å². The number of carboxylic acid groups (broad SMARTS) is 1. The summed E-state index contributed by atoms with van der Waals surface area (Å²) in [7, 11) is 0. The maximum absolute atomic E-state index is 12.7. The summed E-state index contributed by atoms with van der Waals surface area (Å²) < 4.78 is 16.5. The lowest BCUT2D eigenvalue weighted by molar-refractivity contribution is -0.149. The molecule has 2 aromatic rings. The summed E-state index contributed by atoms with van der Waals surface area (Å²) in [5.74, 6) is 0.527. The van der Waals surface area contributed by atoms with Crippen molar-refractivity contribution in [1.29, 1.82) is 0 Å². The Bertz CT molecular complexity index is 869. The van der Waals surface area contributed by atoms with Crippen LogP contribution in [0.15, 0.2) is 48.5 Å². The third-order valence-electron chi connectivity index (χ3n) is 4.87. The molecule has 0 radical (unpaired) electrons. The number of hydrogen-bond acceptors (Lipinski definition) is 5. The number of ether oxygens (including phenoxy) is 3. The number of amides is 1. The average molecular weight is 478 g/mol. The highest BCUT2D eigenvalue weighted by Crippen LogP contribution is 2.18. The molecule has 0 heterocycles. The average Bonchev–Trinajstić information content (AvgIpc) is 2.78. The SMILES string of the molecule is CCOC(Cc1ccc(OCCN(CCC(C)C)C(=O)Oc2ccc(Cl)cc2)cc1)C(=O)O. The molecule has 1 N–H and O–H groups in total. The van der Waals surface area contributed by atoms with Crippen molar-refractivity contribution in [3.63, 3.8) is 0 Å². The molecular formula is C25H32ClNO6. The van der Waals surface area contributed by atoms with Crippen molar-refractivity contribution in [2.24, 2.45) is 5.92 Å². The van der Waals surface area contributed by atoms with Gasteiger partial charge in [0.15, 0.2) is 6.10 Å². The first-order valence-electron chi connectivity index (χ1n) is 11.1. The van der Waals surface area contributed by atoms with Crippen molar-refractivity contribution in [3.8, 4) is 11.5 Å². The molecule has 7 nitrogen and oxygen atoms in total. The third kappa shape index (κ3) is 9.72. The maximum atomic E-state index is 12.7. The largest absolute Gasteiger partial charge is 0.492 e. The summed E-state index contributed by atoms with van der Waals surface area (Å²) >= 11 is 5.88. The van der Waals surface area contributed by atoms with E-state index in [-0.39, 0.29) is 6.42 Å². The summed E-state index contributed by atoms with van der Waals surface area (Å²) in [5, 5.41) is 9.79. The zero-order chi connectivity index (χ0) is 24.2. The van der Waals surface area contributed by atoms with Crippen LogP contribution in [0.5, 0.6) is 11.5 Å². The van der Waals surface area contributed by atoms with Crippen LogP contribution < -0.4 is 9.47 Å². The summed E-state index contributed by atoms with van der Waals surface area (Å²) in [6, 6.07) is 13.8. The van der Waals surface area contributed by atoms with E-state index in [4.69, 9.17) is 25.8 Å². The lowest BCUT2D eigenvalue weighted by Crippen LogP contribution is -2.38. The van der Waals surface area contributed by atoms with Crippen molar-refractivity contribution in [1.82, 2.24) is 4.90 Å². The zero-order valence-electron chi connectivity index (χ0n) is 19.3. The summed E-state index contributed by atoms with van der Waals surface area (Å²) in [6.45, 7) is 7.52. The number of carboxylic acids is 1. The highest BCUT2D eigenvalue weighted by Gasteiger charge is 2.18. The molecule has 2 aromatic carbocycles. The van der Waals surface area contributed by atoms with E-state index >= 15 is 0 Å². The van der Waals surface area contributed by atoms with Gasteiger partial charge >= 0.3 is 12.1 Å². The fraction of sp³-hybridized carbons (Fsp3) is 0.440. The number of halogens is 1. The van der Waals surface area contributed by atoms with Crippen LogP contribution >= 0.6 is 11.6 Å². The molecule has 0 aliphatic heterocycles. The van der Waals surface area contributed by atoms with Crippen molar-refractivity contribution in [2.45, 2.75) is 39.7 Å². The third-order valence-corrected chi connectivity index (χ3v) is 5.12. The van der Waals surface area contributed by atoms with Gasteiger partial charge in [0, 0.05) is 24.6 Å². The second kappa shape index (κ2) is 13.7. The number of nitrogens with zero attached hydrogens (tertiary/aromatic N) is 1. The van der Waals surface area contributed by atoms with Crippen molar-refractivity contribution in [3.05, 3.63) is 59.1 Å². The van der Waals surface area contributed by atoms with Gasteiger partial charge in [0.2, 0.25) is 0 Å². The van der Waals surface area contributed by atoms with Gasteiger partial charge in [0.05, 0.1) is 6.54 Å². The molecule has 0 aliphatic carbocycles. The second-order valence-corrected chi connectivity index (χ2v) is 8.41. The molecule has 180 valence electrons. The Balaban J connectivity index is 1.90. The van der Waals surface area contributed by atoms with E-state index in [1.807, 2.05) is 12.1 Å². The Morgan fingerprint density at radius 1 is 1.00 bits per heavy atom. The van der Waals surface area contributed by atoms with Gasteiger partial charge in [-0.2, -0.15) is 0 Å². The minimum Gasteiger partial charge on any atom is -0.492 e. The van der Waals surface area contributed by atoms with Crippen LogP contribution in [0.3, 0.4) is 0 Å². The molecule has 0 bridgehead atoms. The molecule has 33 heavy (non-hydrogen) atoms. The van der Waals surface area contributed by atoms with E-state index in [0.29, 0.717) is 48.7 Å². The Morgan fingerprint density at radius 3 is 2.21 bits per heavy atom. The first-order chi connectivity index (χ1) is 15.8. The van der Waals surface area contributed by atoms with Crippen LogP contribution in [-0.4, -0.2) is 54.5 Å². The number of hydrogen-bond donors (Lipinski definition) is 1. The second-order valence-electron chi connectivity index (χ2n) is 7.97. The van der Waals surface area contributed by atoms with Crippen LogP contribution in [0.1, 0.15) is 32.8 Å². The molecule has 0 aromatic heterocycles. The Labute approximate surface area is 200 Å². The molecule has 0 saturated carbocycles. The quantitative estimate of drug-likeness (QED) is 0.421. The number of benzene rings is 2. The standard InChI is InChI=1S/C25H32ClNO6/c1-4-31-23(24(28)29)17-19-5-9-21(10-6-19)32-16-15-27(14-13-18(2)3)25(30)33-22-11-7-20(26)8-12-22/h5-12,18,23H,4,13-17H2,1-3H3,(H,28,29). The molecule has 0 spiro atoms. The smallest absolute Gasteiger partial charge is 0.415 e. The lowest BCUT2D eigenvalue weighted by atomic mass is 10.1. The van der Waals surface area contributed by atoms with E-state index in [1.54, 1.807) is 48.2 Å². The molecule has 1 atom stereocenters. The molecule has 0 aliphatic rings. The topological polar surface area (TPSA) is 85.3 Å². The van der Waals surface area contributed by atoms with Gasteiger partial charge in [0.1, 0.15) is 18.1 Å². The van der Waals surface area contributed by atoms with Crippen LogP contribution in [0.2, 0.25) is 5.02 Å². The zero-order valence-corrected chi connectivity index (χ0v) is 20.1. The van der Waals surface area contributed by atoms with E-state index < -0.39 is 18.2 Å². The Hall–Kier alpha value is -2.77. The van der Waals surface area contributed by atoms with Gasteiger partial charge in [-0.3, -0.25) is 0 Å². The highest BCUT2D eigenvalue weighted by atomic mass is 35.5. The summed E-state index contributed by atoms with van der Waals surface area (Å²) in [6.07, 6.45) is -0.187. The van der Waals surface area contributed by atoms with E-state index in [1.165, 1.54) is 0 Å². The minimum absolute atomic E-state index is 0.281. The Morgan fingerprint density at radius 2 is 1.64 bits per heavy atom. The van der Waals surface area contributed by atoms with Crippen molar-refractivity contribution in [2.75, 3.05) is 26.3 Å². The first-order valence-corrected chi connectivity index (χ1v) is 11.4. The lowest BCUT2D eigenvalue weighted by Gasteiger charge is -2.23. The van der Waals surface area contributed by atoms with Gasteiger partial charge < -0.3 is 24.2 Å². The number of carbonyl (C=O) groups excluding carboxylic acids is 1. The number of rotatable bonds is 13. The van der Waals surface area contributed by atoms with Gasteiger partial charge in [-0.15, -0.1) is 0 Å². The fourth-order valence-electron chi connectivity index (χ4n) is 3.00. The van der Waals surface area contributed by atoms with E-state index in [9.17, 15) is 14.7 Å². The predicted molar refractivity (Wildman–Crippen MR) is 127 cm³/mol. The maximum Gasteiger partial charge on any atom is 0.415 e. The molecule has 0 saturated heterocycles. The molecular weight excluding hydrogens is 446 g/mol. The number of carbonyl (C=O) groups is 2. The van der Waals surface area contributed by atoms with Gasteiger partial charge in [-0.25, -0.2) is 9.59 Å². The number of aliphatic carboxylic acids is 1. The normalized spacial score (nSPS) is 11.8. The van der Waals surface area contributed by atoms with Crippen LogP contribution in [0, 0.1) is 5.92 Å². The van der Waals surface area contributed by atoms with Crippen LogP contribution in [-0.2, 0) is 16.0 Å². The summed E-state index contributed by atoms with van der Waals surface area (Å²) in [4.78, 5) is 25.5. The molecule has 2 rings (SSSR count). The van der Waals surface area contributed by atoms with E-state index in [0.717, 1.165) is 12.0 Å². The minimum atomic E-state index is -0.982. The predicted octanol–water partition coefficient (Wildman–Crippen LogP) is 5.30. The fourth-order valence-corrected chi connectivity index (χ4v) is 3.13. The molecule has 1 unspecified atom stereocenters. The molecule has 1 amide bonds. The Kier molecular flexibility index (Phi) is 11.0. The molecule has 8 heteroatoms. The highest BCUT2D eigenvalue weighted by molar-refractivity contribution is 6.30. The van der Waals surface area contributed by atoms with Crippen molar-refractivity contribution < 1.29 is 28.9 Å². The first kappa shape index (κ1) is 26.5. The monoisotopic (exact) mass is 477 g/mol. The van der Waals surface area contributed by atoms with E-state index in [2.05, 4.69) is 13.8 Å². The van der Waals surface area contributed by atoms with Gasteiger partial charge in [-0.05, 0) is 61.2 Å². The van der Waals surface area contributed by atoms with Crippen molar-refractivity contribution >= 4 is 23.7 Å².